The van der Waals surface area contributed by atoms with Crippen LogP contribution in [0.2, 0.25) is 0 Å². The summed E-state index contributed by atoms with van der Waals surface area (Å²) in [4.78, 5) is 11.7. The van der Waals surface area contributed by atoms with Crippen molar-refractivity contribution in [1.82, 2.24) is 5.32 Å². The van der Waals surface area contributed by atoms with Gasteiger partial charge in [-0.15, -0.1) is 0 Å². The Morgan fingerprint density at radius 1 is 0.741 bits per heavy atom. The van der Waals surface area contributed by atoms with E-state index in [0.29, 0.717) is 38.9 Å². The van der Waals surface area contributed by atoms with E-state index in [0.717, 1.165) is 38.9 Å². The summed E-state index contributed by atoms with van der Waals surface area (Å²) in [6, 6.07) is 0. The molecule has 162 valence electrons. The van der Waals surface area contributed by atoms with Gasteiger partial charge in [0.2, 0.25) is 5.91 Å². The molecule has 0 heterocycles. The predicted molar refractivity (Wildman–Crippen MR) is 112 cm³/mol. The fourth-order valence-corrected chi connectivity index (χ4v) is 2.72. The van der Waals surface area contributed by atoms with Crippen molar-refractivity contribution >= 4 is 5.91 Å². The van der Waals surface area contributed by atoms with Crippen molar-refractivity contribution in [3.63, 3.8) is 0 Å². The van der Waals surface area contributed by atoms with E-state index in [1.54, 1.807) is 0 Å². The van der Waals surface area contributed by atoms with Gasteiger partial charge in [0.1, 0.15) is 0 Å². The van der Waals surface area contributed by atoms with Gasteiger partial charge >= 0.3 is 0 Å². The zero-order valence-electron chi connectivity index (χ0n) is 18.2. The largest absolute Gasteiger partial charge is 0.379 e. The van der Waals surface area contributed by atoms with Crippen LogP contribution in [0.5, 0.6) is 0 Å². The summed E-state index contributed by atoms with van der Waals surface area (Å²) >= 11 is 0. The summed E-state index contributed by atoms with van der Waals surface area (Å²) in [6.07, 6.45) is 12.8. The van der Waals surface area contributed by atoms with Crippen molar-refractivity contribution in [2.75, 3.05) is 39.6 Å². The van der Waals surface area contributed by atoms with Crippen molar-refractivity contribution in [2.24, 2.45) is 0 Å². The summed E-state index contributed by atoms with van der Waals surface area (Å²) in [6.45, 7) is 10.4. The molecule has 0 aromatic carbocycles. The SMILES string of the molecule is CCCCCCOCCOCCNC(=O)CCCCCCCCOC(C)C. The number of carbonyl (C=O) groups is 1. The van der Waals surface area contributed by atoms with Gasteiger partial charge in [0.25, 0.3) is 0 Å². The second kappa shape index (κ2) is 21.6. The highest BCUT2D eigenvalue weighted by molar-refractivity contribution is 5.75. The molecular formula is C22H45NO4. The molecule has 27 heavy (non-hydrogen) atoms. The van der Waals surface area contributed by atoms with Crippen LogP contribution in [-0.4, -0.2) is 51.6 Å². The first kappa shape index (κ1) is 26.4. The van der Waals surface area contributed by atoms with Crippen molar-refractivity contribution in [1.29, 1.82) is 0 Å². The molecule has 0 atom stereocenters. The molecule has 0 unspecified atom stereocenters. The van der Waals surface area contributed by atoms with Crippen molar-refractivity contribution in [3.8, 4) is 0 Å². The van der Waals surface area contributed by atoms with Crippen LogP contribution in [0.1, 0.15) is 91.4 Å². The maximum atomic E-state index is 11.7. The highest BCUT2D eigenvalue weighted by Gasteiger charge is 2.01. The van der Waals surface area contributed by atoms with Gasteiger partial charge < -0.3 is 19.5 Å². The number of rotatable bonds is 21. The molecule has 0 aliphatic rings. The summed E-state index contributed by atoms with van der Waals surface area (Å²) in [5.41, 5.74) is 0. The first-order valence-corrected chi connectivity index (χ1v) is 11.2. The minimum Gasteiger partial charge on any atom is -0.379 e. The van der Waals surface area contributed by atoms with E-state index in [-0.39, 0.29) is 5.91 Å². The molecular weight excluding hydrogens is 342 g/mol. The van der Waals surface area contributed by atoms with E-state index in [1.165, 1.54) is 38.5 Å². The second-order valence-electron chi connectivity index (χ2n) is 7.43. The monoisotopic (exact) mass is 387 g/mol. The molecule has 0 spiro atoms. The van der Waals surface area contributed by atoms with Crippen LogP contribution in [-0.2, 0) is 19.0 Å². The Morgan fingerprint density at radius 3 is 2.04 bits per heavy atom. The molecule has 0 aliphatic carbocycles. The lowest BCUT2D eigenvalue weighted by molar-refractivity contribution is -0.121. The molecule has 0 aliphatic heterocycles. The lowest BCUT2D eigenvalue weighted by Gasteiger charge is -2.08. The van der Waals surface area contributed by atoms with Crippen LogP contribution in [0, 0.1) is 0 Å². The predicted octanol–water partition coefficient (Wildman–Crippen LogP) is 4.87. The molecule has 0 aromatic heterocycles. The Bertz CT molecular complexity index is 311. The third-order valence-electron chi connectivity index (χ3n) is 4.33. The van der Waals surface area contributed by atoms with Crippen LogP contribution < -0.4 is 5.32 Å². The number of hydrogen-bond acceptors (Lipinski definition) is 4. The molecule has 0 rings (SSSR count). The number of unbranched alkanes of at least 4 members (excludes halogenated alkanes) is 8. The fraction of sp³-hybridized carbons (Fsp3) is 0.955. The van der Waals surface area contributed by atoms with Crippen LogP contribution in [0.25, 0.3) is 0 Å². The molecule has 0 radical (unpaired) electrons. The van der Waals surface area contributed by atoms with E-state index in [9.17, 15) is 4.79 Å². The third kappa shape index (κ3) is 23.3. The van der Waals surface area contributed by atoms with Gasteiger partial charge in [-0.3, -0.25) is 4.79 Å². The van der Waals surface area contributed by atoms with Crippen LogP contribution >= 0.6 is 0 Å². The van der Waals surface area contributed by atoms with Crippen LogP contribution in [0.3, 0.4) is 0 Å². The summed E-state index contributed by atoms with van der Waals surface area (Å²) < 4.78 is 16.5. The number of hydrogen-bond donors (Lipinski definition) is 1. The Kier molecular flexibility index (Phi) is 21.1. The van der Waals surface area contributed by atoms with Gasteiger partial charge in [-0.05, 0) is 33.1 Å². The van der Waals surface area contributed by atoms with Gasteiger partial charge in [0.15, 0.2) is 0 Å². The number of amides is 1. The zero-order chi connectivity index (χ0) is 20.0. The second-order valence-corrected chi connectivity index (χ2v) is 7.43. The van der Waals surface area contributed by atoms with Gasteiger partial charge in [-0.2, -0.15) is 0 Å². The maximum absolute atomic E-state index is 11.7. The van der Waals surface area contributed by atoms with Crippen molar-refractivity contribution < 1.29 is 19.0 Å². The molecule has 5 nitrogen and oxygen atoms in total. The molecule has 1 N–H and O–H groups in total. The Balaban J connectivity index is 3.15. The molecule has 0 saturated carbocycles. The molecule has 0 bridgehead atoms. The van der Waals surface area contributed by atoms with Crippen LogP contribution in [0.4, 0.5) is 0 Å². The van der Waals surface area contributed by atoms with E-state index in [2.05, 4.69) is 26.1 Å². The third-order valence-corrected chi connectivity index (χ3v) is 4.33. The highest BCUT2D eigenvalue weighted by Crippen LogP contribution is 2.07. The average Bonchev–Trinajstić information content (AvgIpc) is 2.64. The van der Waals surface area contributed by atoms with Gasteiger partial charge in [0, 0.05) is 26.2 Å². The van der Waals surface area contributed by atoms with E-state index >= 15 is 0 Å². The Hall–Kier alpha value is -0.650. The van der Waals surface area contributed by atoms with Gasteiger partial charge in [0.05, 0.1) is 25.9 Å². The standard InChI is InChI=1S/C22H45NO4/c1-4-5-6-12-16-25-19-20-26-18-15-23-22(24)14-11-9-7-8-10-13-17-27-21(2)3/h21H,4-20H2,1-3H3,(H,23,24). The van der Waals surface area contributed by atoms with Crippen molar-refractivity contribution in [3.05, 3.63) is 0 Å². The molecule has 0 aromatic rings. The fourth-order valence-electron chi connectivity index (χ4n) is 2.72. The topological polar surface area (TPSA) is 56.8 Å². The zero-order valence-corrected chi connectivity index (χ0v) is 18.2. The van der Waals surface area contributed by atoms with E-state index < -0.39 is 0 Å². The Morgan fingerprint density at radius 2 is 1.33 bits per heavy atom. The quantitative estimate of drug-likeness (QED) is 0.285. The number of carbonyl (C=O) groups excluding carboxylic acids is 1. The normalized spacial score (nSPS) is 11.3. The lowest BCUT2D eigenvalue weighted by atomic mass is 10.1. The minimum absolute atomic E-state index is 0.135. The highest BCUT2D eigenvalue weighted by atomic mass is 16.5. The summed E-state index contributed by atoms with van der Waals surface area (Å²) in [5.74, 6) is 0.135. The molecule has 0 fully saturated rings. The van der Waals surface area contributed by atoms with Crippen LogP contribution in [0.15, 0.2) is 0 Å². The van der Waals surface area contributed by atoms with Gasteiger partial charge in [-0.1, -0.05) is 51.9 Å². The number of ether oxygens (including phenoxy) is 3. The van der Waals surface area contributed by atoms with E-state index in [1.807, 2.05) is 0 Å². The van der Waals surface area contributed by atoms with Gasteiger partial charge in [-0.25, -0.2) is 0 Å². The molecule has 0 saturated heterocycles. The Labute approximate surface area is 167 Å². The van der Waals surface area contributed by atoms with E-state index in [4.69, 9.17) is 14.2 Å². The lowest BCUT2D eigenvalue weighted by Crippen LogP contribution is -2.27. The minimum atomic E-state index is 0.135. The summed E-state index contributed by atoms with van der Waals surface area (Å²) in [7, 11) is 0. The molecule has 1 amide bonds. The smallest absolute Gasteiger partial charge is 0.220 e. The molecule has 5 heteroatoms. The first-order valence-electron chi connectivity index (χ1n) is 11.2. The summed E-state index contributed by atoms with van der Waals surface area (Å²) in [5, 5.41) is 2.92. The maximum Gasteiger partial charge on any atom is 0.220 e. The number of nitrogens with one attached hydrogen (secondary N) is 1. The first-order chi connectivity index (χ1) is 13.2. The van der Waals surface area contributed by atoms with Crippen molar-refractivity contribution in [2.45, 2.75) is 97.5 Å². The average molecular weight is 388 g/mol.